The Morgan fingerprint density at radius 1 is 1.56 bits per heavy atom. The maximum Gasteiger partial charge on any atom is 0.0974 e. The maximum atomic E-state index is 2.22. The van der Waals surface area contributed by atoms with E-state index < -0.39 is 0 Å². The molecule has 0 amide bonds. The van der Waals surface area contributed by atoms with Crippen molar-refractivity contribution in [2.24, 2.45) is 5.92 Å². The molecule has 0 aromatic carbocycles. The van der Waals surface area contributed by atoms with E-state index in [1.54, 1.807) is 0 Å². The van der Waals surface area contributed by atoms with Gasteiger partial charge in [0.25, 0.3) is 0 Å². The summed E-state index contributed by atoms with van der Waals surface area (Å²) >= 11 is 0. The summed E-state index contributed by atoms with van der Waals surface area (Å²) in [6, 6.07) is 0. The molecule has 0 aromatic heterocycles. The zero-order valence-corrected chi connectivity index (χ0v) is 6.09. The summed E-state index contributed by atoms with van der Waals surface area (Å²) in [7, 11) is 0. The summed E-state index contributed by atoms with van der Waals surface area (Å²) in [5.74, 6) is 0.679. The smallest absolute Gasteiger partial charge is 0.0409 e. The Morgan fingerprint density at radius 3 is 2.67 bits per heavy atom. The van der Waals surface area contributed by atoms with Gasteiger partial charge in [-0.05, 0) is 19.9 Å². The highest BCUT2D eigenvalue weighted by Gasteiger charge is 2.09. The second kappa shape index (κ2) is 2.77. The molecular formula is C9H13+. The van der Waals surface area contributed by atoms with E-state index in [0.717, 1.165) is 6.42 Å². The molecule has 0 heterocycles. The number of hydrogen-bond acceptors (Lipinski definition) is 0. The molecule has 0 unspecified atom stereocenters. The minimum absolute atomic E-state index is 0.679. The predicted molar refractivity (Wildman–Crippen MR) is 41.0 cm³/mol. The molecular weight excluding hydrogens is 108 g/mol. The van der Waals surface area contributed by atoms with Crippen molar-refractivity contribution in [3.63, 3.8) is 0 Å². The monoisotopic (exact) mass is 121 g/mol. The first-order valence-corrected chi connectivity index (χ1v) is 3.50. The van der Waals surface area contributed by atoms with Gasteiger partial charge in [-0.3, -0.25) is 0 Å². The van der Waals surface area contributed by atoms with Crippen LogP contribution >= 0.6 is 0 Å². The summed E-state index contributed by atoms with van der Waals surface area (Å²) < 4.78 is 0. The fourth-order valence-electron chi connectivity index (χ4n) is 0.927. The van der Waals surface area contributed by atoms with Crippen molar-refractivity contribution >= 4 is 0 Å². The lowest BCUT2D eigenvalue weighted by molar-refractivity contribution is 0.785. The minimum atomic E-state index is 0.679. The van der Waals surface area contributed by atoms with Crippen LogP contribution < -0.4 is 0 Å². The summed E-state index contributed by atoms with van der Waals surface area (Å²) in [4.78, 5) is 0. The third-order valence-corrected chi connectivity index (χ3v) is 1.56. The van der Waals surface area contributed by atoms with Crippen molar-refractivity contribution in [3.05, 3.63) is 30.2 Å². The molecule has 0 atom stereocenters. The van der Waals surface area contributed by atoms with Crippen LogP contribution in [0.4, 0.5) is 0 Å². The fourth-order valence-corrected chi connectivity index (χ4v) is 0.927. The molecule has 1 rings (SSSR count). The van der Waals surface area contributed by atoms with Crippen molar-refractivity contribution in [1.82, 2.24) is 0 Å². The van der Waals surface area contributed by atoms with E-state index in [2.05, 4.69) is 38.5 Å². The lowest BCUT2D eigenvalue weighted by Gasteiger charge is -1.99. The van der Waals surface area contributed by atoms with Crippen LogP contribution in [-0.2, 0) is 0 Å². The molecule has 1 aliphatic carbocycles. The fraction of sp³-hybridized carbons (Fsp3) is 0.444. The van der Waals surface area contributed by atoms with E-state index in [4.69, 9.17) is 0 Å². The zero-order valence-electron chi connectivity index (χ0n) is 6.09. The van der Waals surface area contributed by atoms with Gasteiger partial charge in [0.1, 0.15) is 0 Å². The van der Waals surface area contributed by atoms with Crippen molar-refractivity contribution in [3.8, 4) is 0 Å². The first-order chi connectivity index (χ1) is 4.30. The SMILES string of the molecule is CC(C)C1=C[CH+]CC=C1. The van der Waals surface area contributed by atoms with Crippen molar-refractivity contribution < 1.29 is 0 Å². The second-order valence-electron chi connectivity index (χ2n) is 2.70. The van der Waals surface area contributed by atoms with E-state index >= 15 is 0 Å². The highest BCUT2D eigenvalue weighted by atomic mass is 14.1. The maximum absolute atomic E-state index is 2.22. The van der Waals surface area contributed by atoms with Crippen LogP contribution in [0, 0.1) is 12.3 Å². The van der Waals surface area contributed by atoms with Crippen molar-refractivity contribution in [1.29, 1.82) is 0 Å². The lowest BCUT2D eigenvalue weighted by Crippen LogP contribution is -1.93. The minimum Gasteiger partial charge on any atom is -0.0409 e. The van der Waals surface area contributed by atoms with E-state index in [9.17, 15) is 0 Å². The zero-order chi connectivity index (χ0) is 6.69. The van der Waals surface area contributed by atoms with Crippen LogP contribution in [0.2, 0.25) is 0 Å². The molecule has 0 radical (unpaired) electrons. The number of rotatable bonds is 1. The molecule has 9 heavy (non-hydrogen) atoms. The summed E-state index contributed by atoms with van der Waals surface area (Å²) in [5, 5.41) is 0. The van der Waals surface area contributed by atoms with E-state index in [1.807, 2.05) is 0 Å². The standard InChI is InChI=1S/C9H13/c1-8(2)9-6-4-3-5-7-9/h4-8H,3H2,1-2H3/q+1. The highest BCUT2D eigenvalue weighted by molar-refractivity contribution is 5.28. The van der Waals surface area contributed by atoms with E-state index in [1.165, 1.54) is 5.57 Å². The molecule has 0 fully saturated rings. The van der Waals surface area contributed by atoms with E-state index in [-0.39, 0.29) is 0 Å². The first kappa shape index (κ1) is 6.47. The van der Waals surface area contributed by atoms with Gasteiger partial charge in [-0.1, -0.05) is 0 Å². The molecule has 0 spiro atoms. The third kappa shape index (κ3) is 1.63. The van der Waals surface area contributed by atoms with Gasteiger partial charge in [0.15, 0.2) is 0 Å². The molecule has 0 saturated carbocycles. The predicted octanol–water partition coefficient (Wildman–Crippen LogP) is 2.73. The van der Waals surface area contributed by atoms with Gasteiger partial charge >= 0.3 is 0 Å². The van der Waals surface area contributed by atoms with Crippen LogP contribution in [0.3, 0.4) is 0 Å². The topological polar surface area (TPSA) is 0 Å². The molecule has 1 aliphatic rings. The largest absolute Gasteiger partial charge is 0.0974 e. The normalized spacial score (nSPS) is 17.4. The van der Waals surface area contributed by atoms with Crippen LogP contribution in [0.1, 0.15) is 20.3 Å². The Labute approximate surface area is 57.3 Å². The highest BCUT2D eigenvalue weighted by Crippen LogP contribution is 2.16. The van der Waals surface area contributed by atoms with Crippen molar-refractivity contribution in [2.75, 3.05) is 0 Å². The molecule has 0 saturated heterocycles. The van der Waals surface area contributed by atoms with Gasteiger partial charge in [-0.2, -0.15) is 0 Å². The molecule has 0 N–H and O–H groups in total. The van der Waals surface area contributed by atoms with Crippen LogP contribution in [0.25, 0.3) is 0 Å². The Morgan fingerprint density at radius 2 is 2.33 bits per heavy atom. The Bertz CT molecular complexity index is 138. The van der Waals surface area contributed by atoms with E-state index in [0.29, 0.717) is 5.92 Å². The van der Waals surface area contributed by atoms with Gasteiger partial charge in [0.05, 0.1) is 18.1 Å². The van der Waals surface area contributed by atoms with Gasteiger partial charge in [-0.25, -0.2) is 0 Å². The Kier molecular flexibility index (Phi) is 1.99. The first-order valence-electron chi connectivity index (χ1n) is 3.50. The molecule has 0 nitrogen and oxygen atoms in total. The molecule has 48 valence electrons. The van der Waals surface area contributed by atoms with Crippen LogP contribution in [-0.4, -0.2) is 0 Å². The number of hydrogen-bond donors (Lipinski definition) is 0. The molecule has 0 aliphatic heterocycles. The average molecular weight is 121 g/mol. The summed E-state index contributed by atoms with van der Waals surface area (Å²) in [5.41, 5.74) is 1.45. The van der Waals surface area contributed by atoms with Gasteiger partial charge in [0, 0.05) is 18.4 Å². The molecule has 0 heteroatoms. The van der Waals surface area contributed by atoms with Crippen molar-refractivity contribution in [2.45, 2.75) is 20.3 Å². The number of allylic oxidation sites excluding steroid dienone is 4. The molecule has 0 bridgehead atoms. The summed E-state index contributed by atoms with van der Waals surface area (Å²) in [6.45, 7) is 4.44. The van der Waals surface area contributed by atoms with Crippen LogP contribution in [0.5, 0.6) is 0 Å². The van der Waals surface area contributed by atoms with Gasteiger partial charge in [0.2, 0.25) is 0 Å². The van der Waals surface area contributed by atoms with Gasteiger partial charge in [-0.15, -0.1) is 0 Å². The Hall–Kier alpha value is -0.650. The second-order valence-corrected chi connectivity index (χ2v) is 2.70. The van der Waals surface area contributed by atoms with Gasteiger partial charge < -0.3 is 0 Å². The molecule has 0 aromatic rings. The quantitative estimate of drug-likeness (QED) is 0.468. The Balaban J connectivity index is 2.58. The lowest BCUT2D eigenvalue weighted by atomic mass is 9.97. The van der Waals surface area contributed by atoms with Crippen LogP contribution in [0.15, 0.2) is 23.8 Å². The average Bonchev–Trinajstić information content (AvgIpc) is 1.90. The summed E-state index contributed by atoms with van der Waals surface area (Å²) in [6.07, 6.45) is 9.94. The third-order valence-electron chi connectivity index (χ3n) is 1.56.